The minimum atomic E-state index is -0.847. The van der Waals surface area contributed by atoms with Gasteiger partial charge in [0.2, 0.25) is 0 Å². The fourth-order valence-electron chi connectivity index (χ4n) is 2.15. The van der Waals surface area contributed by atoms with Crippen LogP contribution in [0.2, 0.25) is 0 Å². The first-order chi connectivity index (χ1) is 9.01. The van der Waals surface area contributed by atoms with Gasteiger partial charge in [-0.25, -0.2) is 9.78 Å². The Morgan fingerprint density at radius 2 is 2.42 bits per heavy atom. The quantitative estimate of drug-likeness (QED) is 0.737. The van der Waals surface area contributed by atoms with Gasteiger partial charge in [-0.3, -0.25) is 4.79 Å². The van der Waals surface area contributed by atoms with Crippen molar-refractivity contribution in [3.05, 3.63) is 18.2 Å². The van der Waals surface area contributed by atoms with Gasteiger partial charge in [0.05, 0.1) is 11.7 Å². The molecule has 0 radical (unpaired) electrons. The van der Waals surface area contributed by atoms with Crippen LogP contribution in [-0.4, -0.2) is 51.6 Å². The van der Waals surface area contributed by atoms with Gasteiger partial charge < -0.3 is 20.3 Å². The molecule has 0 saturated carbocycles. The number of imidazole rings is 1. The maximum Gasteiger partial charge on any atom is 0.317 e. The van der Waals surface area contributed by atoms with Crippen molar-refractivity contribution >= 4 is 12.0 Å². The van der Waals surface area contributed by atoms with Gasteiger partial charge in [-0.1, -0.05) is 0 Å². The average molecular weight is 266 g/mol. The summed E-state index contributed by atoms with van der Waals surface area (Å²) in [6.45, 7) is 2.92. The molecule has 1 aliphatic heterocycles. The number of nitrogens with zero attached hydrogens (tertiary/aromatic N) is 2. The highest BCUT2D eigenvalue weighted by atomic mass is 16.4. The van der Waals surface area contributed by atoms with Crippen molar-refractivity contribution in [2.75, 3.05) is 19.6 Å². The van der Waals surface area contributed by atoms with Crippen LogP contribution in [0.3, 0.4) is 0 Å². The Balaban J connectivity index is 1.77. The Morgan fingerprint density at radius 3 is 3.00 bits per heavy atom. The number of aliphatic carboxylic acids is 1. The van der Waals surface area contributed by atoms with E-state index in [-0.39, 0.29) is 12.6 Å². The van der Waals surface area contributed by atoms with Gasteiger partial charge in [-0.2, -0.15) is 0 Å². The molecule has 104 valence electrons. The summed E-state index contributed by atoms with van der Waals surface area (Å²) in [5.74, 6) is -0.847. The lowest BCUT2D eigenvalue weighted by molar-refractivity contribution is -0.146. The first kappa shape index (κ1) is 13.4. The molecule has 2 heterocycles. The summed E-state index contributed by atoms with van der Waals surface area (Å²) in [6.07, 6.45) is 4.48. The van der Waals surface area contributed by atoms with Crippen molar-refractivity contribution in [3.63, 3.8) is 0 Å². The van der Waals surface area contributed by atoms with E-state index in [1.807, 2.05) is 0 Å². The van der Waals surface area contributed by atoms with Crippen molar-refractivity contribution < 1.29 is 14.7 Å². The fourth-order valence-corrected chi connectivity index (χ4v) is 2.15. The zero-order chi connectivity index (χ0) is 13.9. The number of aromatic nitrogens is 2. The summed E-state index contributed by atoms with van der Waals surface area (Å²) in [5.41, 5.74) is 0.137. The molecular weight excluding hydrogens is 248 g/mol. The number of hydrogen-bond donors (Lipinski definition) is 3. The van der Waals surface area contributed by atoms with Crippen molar-refractivity contribution in [2.45, 2.75) is 19.8 Å². The van der Waals surface area contributed by atoms with E-state index in [1.54, 1.807) is 24.3 Å². The average Bonchev–Trinajstić information content (AvgIpc) is 2.99. The molecule has 1 aliphatic rings. The number of carboxylic acid groups (broad SMARTS) is 1. The second-order valence-corrected chi connectivity index (χ2v) is 5.10. The molecule has 0 spiro atoms. The molecule has 0 aromatic carbocycles. The Labute approximate surface area is 111 Å². The molecule has 1 atom stereocenters. The zero-order valence-corrected chi connectivity index (χ0v) is 10.8. The maximum absolute atomic E-state index is 11.9. The topological polar surface area (TPSA) is 98.3 Å². The molecule has 0 bridgehead atoms. The molecule has 1 aromatic rings. The van der Waals surface area contributed by atoms with Gasteiger partial charge in [0.25, 0.3) is 0 Å². The minimum absolute atomic E-state index is 0.204. The standard InChI is InChI=1S/C12H18N4O3/c1-12(10(17)18)3-5-16(7-12)11(19)14-4-2-9-6-13-8-15-9/h6,8H,2-5,7H2,1H3,(H,13,15)(H,14,19)(H,17,18). The van der Waals surface area contributed by atoms with Crippen LogP contribution in [0.4, 0.5) is 4.79 Å². The molecule has 2 amide bonds. The van der Waals surface area contributed by atoms with E-state index in [9.17, 15) is 9.59 Å². The highest BCUT2D eigenvalue weighted by molar-refractivity contribution is 5.79. The van der Waals surface area contributed by atoms with Gasteiger partial charge in [0.15, 0.2) is 0 Å². The maximum atomic E-state index is 11.9. The van der Waals surface area contributed by atoms with E-state index in [2.05, 4.69) is 15.3 Å². The van der Waals surface area contributed by atoms with Gasteiger partial charge in [0.1, 0.15) is 0 Å². The van der Waals surface area contributed by atoms with Crippen LogP contribution in [0.1, 0.15) is 19.0 Å². The van der Waals surface area contributed by atoms with Gasteiger partial charge in [-0.15, -0.1) is 0 Å². The normalized spacial score (nSPS) is 22.5. The first-order valence-corrected chi connectivity index (χ1v) is 6.25. The molecule has 1 unspecified atom stereocenters. The second-order valence-electron chi connectivity index (χ2n) is 5.10. The summed E-state index contributed by atoms with van der Waals surface area (Å²) < 4.78 is 0. The third-order valence-corrected chi connectivity index (χ3v) is 3.50. The number of likely N-dealkylation sites (tertiary alicyclic amines) is 1. The minimum Gasteiger partial charge on any atom is -0.481 e. The van der Waals surface area contributed by atoms with Crippen molar-refractivity contribution in [3.8, 4) is 0 Å². The summed E-state index contributed by atoms with van der Waals surface area (Å²) in [5, 5.41) is 11.9. The number of carbonyl (C=O) groups is 2. The number of aromatic amines is 1. The van der Waals surface area contributed by atoms with Crippen LogP contribution >= 0.6 is 0 Å². The van der Waals surface area contributed by atoms with E-state index in [0.717, 1.165) is 5.69 Å². The molecule has 2 rings (SSSR count). The number of amides is 2. The Hall–Kier alpha value is -2.05. The lowest BCUT2D eigenvalue weighted by atomic mass is 9.90. The molecular formula is C12H18N4O3. The lowest BCUT2D eigenvalue weighted by Crippen LogP contribution is -2.41. The Kier molecular flexibility index (Phi) is 3.73. The first-order valence-electron chi connectivity index (χ1n) is 6.25. The summed E-state index contributed by atoms with van der Waals surface area (Å²) in [4.78, 5) is 31.4. The Morgan fingerprint density at radius 1 is 1.63 bits per heavy atom. The number of hydrogen-bond acceptors (Lipinski definition) is 3. The van der Waals surface area contributed by atoms with Gasteiger partial charge in [-0.05, 0) is 13.3 Å². The summed E-state index contributed by atoms with van der Waals surface area (Å²) in [7, 11) is 0. The van der Waals surface area contributed by atoms with E-state index < -0.39 is 11.4 Å². The van der Waals surface area contributed by atoms with Gasteiger partial charge in [0, 0.05) is 37.9 Å². The second kappa shape index (κ2) is 5.29. The molecule has 0 aliphatic carbocycles. The number of H-pyrrole nitrogens is 1. The van der Waals surface area contributed by atoms with E-state index >= 15 is 0 Å². The predicted molar refractivity (Wildman–Crippen MR) is 67.6 cm³/mol. The molecule has 1 saturated heterocycles. The fraction of sp³-hybridized carbons (Fsp3) is 0.583. The molecule has 7 nitrogen and oxygen atoms in total. The largest absolute Gasteiger partial charge is 0.481 e. The van der Waals surface area contributed by atoms with Crippen LogP contribution in [0, 0.1) is 5.41 Å². The molecule has 19 heavy (non-hydrogen) atoms. The molecule has 3 N–H and O–H groups in total. The van der Waals surface area contributed by atoms with Crippen LogP contribution in [0.5, 0.6) is 0 Å². The van der Waals surface area contributed by atoms with E-state index in [4.69, 9.17) is 5.11 Å². The number of carbonyl (C=O) groups excluding carboxylic acids is 1. The van der Waals surface area contributed by atoms with Crippen LogP contribution in [0.15, 0.2) is 12.5 Å². The number of rotatable bonds is 4. The van der Waals surface area contributed by atoms with Crippen LogP contribution in [0.25, 0.3) is 0 Å². The predicted octanol–water partition coefficient (Wildman–Crippen LogP) is 0.458. The van der Waals surface area contributed by atoms with Crippen LogP contribution in [-0.2, 0) is 11.2 Å². The third kappa shape index (κ3) is 3.04. The van der Waals surface area contributed by atoms with E-state index in [0.29, 0.717) is 25.9 Å². The zero-order valence-electron chi connectivity index (χ0n) is 10.8. The van der Waals surface area contributed by atoms with Gasteiger partial charge >= 0.3 is 12.0 Å². The SMILES string of the molecule is CC1(C(=O)O)CCN(C(=O)NCCc2cnc[nH]2)C1. The van der Waals surface area contributed by atoms with Crippen molar-refractivity contribution in [1.29, 1.82) is 0 Å². The highest BCUT2D eigenvalue weighted by Gasteiger charge is 2.42. The van der Waals surface area contributed by atoms with E-state index in [1.165, 1.54) is 0 Å². The van der Waals surface area contributed by atoms with Crippen molar-refractivity contribution in [2.24, 2.45) is 5.41 Å². The molecule has 7 heteroatoms. The number of urea groups is 1. The third-order valence-electron chi connectivity index (χ3n) is 3.50. The summed E-state index contributed by atoms with van der Waals surface area (Å²) >= 11 is 0. The molecule has 1 fully saturated rings. The smallest absolute Gasteiger partial charge is 0.317 e. The molecule has 1 aromatic heterocycles. The van der Waals surface area contributed by atoms with Crippen LogP contribution < -0.4 is 5.32 Å². The summed E-state index contributed by atoms with van der Waals surface area (Å²) in [6, 6.07) is -0.204. The Bertz CT molecular complexity index is 460. The lowest BCUT2D eigenvalue weighted by Gasteiger charge is -2.20. The van der Waals surface area contributed by atoms with Crippen molar-refractivity contribution in [1.82, 2.24) is 20.2 Å². The monoisotopic (exact) mass is 266 g/mol. The number of nitrogens with one attached hydrogen (secondary N) is 2. The number of carboxylic acids is 1. The highest BCUT2D eigenvalue weighted by Crippen LogP contribution is 2.29.